The summed E-state index contributed by atoms with van der Waals surface area (Å²) in [4.78, 5) is 14.6. The van der Waals surface area contributed by atoms with Crippen molar-refractivity contribution in [2.45, 2.75) is 45.1 Å². The van der Waals surface area contributed by atoms with Gasteiger partial charge >= 0.3 is 0 Å². The average molecular weight is 267 g/mol. The number of rotatable bonds is 3. The van der Waals surface area contributed by atoms with Crippen molar-refractivity contribution in [1.82, 2.24) is 10.2 Å². The molecule has 1 amide bonds. The first-order valence-electron chi connectivity index (χ1n) is 7.79. The van der Waals surface area contributed by atoms with E-state index < -0.39 is 0 Å². The molecule has 3 atom stereocenters. The molecule has 4 heteroatoms. The zero-order valence-electron chi connectivity index (χ0n) is 12.4. The van der Waals surface area contributed by atoms with Gasteiger partial charge in [0.1, 0.15) is 0 Å². The molecule has 2 fully saturated rings. The molecule has 0 aromatic carbocycles. The fraction of sp³-hybridized carbons (Fsp3) is 0.933. The number of amides is 1. The van der Waals surface area contributed by atoms with E-state index in [1.165, 1.54) is 19.3 Å². The Morgan fingerprint density at radius 3 is 2.63 bits per heavy atom. The summed E-state index contributed by atoms with van der Waals surface area (Å²) in [6.07, 6.45) is 5.67. The number of hydrogen-bond acceptors (Lipinski definition) is 3. The third kappa shape index (κ3) is 3.93. The summed E-state index contributed by atoms with van der Waals surface area (Å²) >= 11 is 0. The van der Waals surface area contributed by atoms with Gasteiger partial charge in [0.05, 0.1) is 5.92 Å². The second-order valence-electron chi connectivity index (χ2n) is 6.58. The SMILES string of the molecule is CC1CCCC(C(=O)NCC2CCN(C)CC2)C1N. The van der Waals surface area contributed by atoms with Crippen LogP contribution in [0.3, 0.4) is 0 Å². The smallest absolute Gasteiger partial charge is 0.224 e. The highest BCUT2D eigenvalue weighted by molar-refractivity contribution is 5.79. The first kappa shape index (κ1) is 14.8. The van der Waals surface area contributed by atoms with Crippen LogP contribution in [-0.2, 0) is 4.79 Å². The van der Waals surface area contributed by atoms with Crippen molar-refractivity contribution in [2.75, 3.05) is 26.7 Å². The number of nitrogens with zero attached hydrogens (tertiary/aromatic N) is 1. The Hall–Kier alpha value is -0.610. The first-order valence-corrected chi connectivity index (χ1v) is 7.79. The summed E-state index contributed by atoms with van der Waals surface area (Å²) in [6, 6.07) is 0.0474. The molecule has 1 saturated heterocycles. The molecule has 3 N–H and O–H groups in total. The molecule has 19 heavy (non-hydrogen) atoms. The van der Waals surface area contributed by atoms with Crippen LogP contribution in [0.4, 0.5) is 0 Å². The summed E-state index contributed by atoms with van der Waals surface area (Å²) in [6.45, 7) is 5.31. The molecule has 1 aliphatic heterocycles. The van der Waals surface area contributed by atoms with Gasteiger partial charge in [0.25, 0.3) is 0 Å². The molecule has 3 unspecified atom stereocenters. The third-order valence-corrected chi connectivity index (χ3v) is 5.04. The molecular weight excluding hydrogens is 238 g/mol. The molecule has 1 aliphatic carbocycles. The number of likely N-dealkylation sites (tertiary alicyclic amines) is 1. The van der Waals surface area contributed by atoms with Crippen molar-refractivity contribution in [1.29, 1.82) is 0 Å². The van der Waals surface area contributed by atoms with Crippen LogP contribution < -0.4 is 11.1 Å². The normalized spacial score (nSPS) is 34.2. The summed E-state index contributed by atoms with van der Waals surface area (Å²) < 4.78 is 0. The molecule has 0 aromatic heterocycles. The van der Waals surface area contributed by atoms with E-state index in [2.05, 4.69) is 24.2 Å². The highest BCUT2D eigenvalue weighted by Gasteiger charge is 2.32. The van der Waals surface area contributed by atoms with E-state index in [0.29, 0.717) is 11.8 Å². The van der Waals surface area contributed by atoms with Crippen LogP contribution in [0.1, 0.15) is 39.0 Å². The van der Waals surface area contributed by atoms with Gasteiger partial charge in [0.15, 0.2) is 0 Å². The molecule has 1 saturated carbocycles. The van der Waals surface area contributed by atoms with Gasteiger partial charge in [-0.2, -0.15) is 0 Å². The van der Waals surface area contributed by atoms with Crippen LogP contribution >= 0.6 is 0 Å². The molecule has 0 spiro atoms. The Morgan fingerprint density at radius 2 is 1.95 bits per heavy atom. The minimum atomic E-state index is 0.0371. The van der Waals surface area contributed by atoms with Gasteiger partial charge in [-0.3, -0.25) is 4.79 Å². The summed E-state index contributed by atoms with van der Waals surface area (Å²) in [5.41, 5.74) is 6.18. The molecule has 110 valence electrons. The highest BCUT2D eigenvalue weighted by Crippen LogP contribution is 2.28. The van der Waals surface area contributed by atoms with Crippen molar-refractivity contribution in [2.24, 2.45) is 23.5 Å². The number of piperidine rings is 1. The Kier molecular flexibility index (Phi) is 5.22. The van der Waals surface area contributed by atoms with Crippen LogP contribution in [0, 0.1) is 17.8 Å². The Labute approximate surface area is 117 Å². The molecule has 0 bridgehead atoms. The fourth-order valence-corrected chi connectivity index (χ4v) is 3.39. The first-order chi connectivity index (χ1) is 9.08. The fourth-order valence-electron chi connectivity index (χ4n) is 3.39. The molecule has 2 rings (SSSR count). The lowest BCUT2D eigenvalue weighted by atomic mass is 9.78. The van der Waals surface area contributed by atoms with Crippen molar-refractivity contribution in [3.63, 3.8) is 0 Å². The summed E-state index contributed by atoms with van der Waals surface area (Å²) in [7, 11) is 2.16. The highest BCUT2D eigenvalue weighted by atomic mass is 16.1. The molecule has 0 aromatic rings. The zero-order valence-corrected chi connectivity index (χ0v) is 12.4. The number of carbonyl (C=O) groups is 1. The zero-order chi connectivity index (χ0) is 13.8. The van der Waals surface area contributed by atoms with E-state index in [-0.39, 0.29) is 17.9 Å². The predicted molar refractivity (Wildman–Crippen MR) is 77.7 cm³/mol. The van der Waals surface area contributed by atoms with Crippen molar-refractivity contribution >= 4 is 5.91 Å². The molecule has 0 radical (unpaired) electrons. The van der Waals surface area contributed by atoms with Crippen LogP contribution in [0.5, 0.6) is 0 Å². The Balaban J connectivity index is 1.74. The molecular formula is C15H29N3O. The van der Waals surface area contributed by atoms with E-state index in [4.69, 9.17) is 5.73 Å². The maximum atomic E-state index is 12.3. The van der Waals surface area contributed by atoms with Gasteiger partial charge in [-0.25, -0.2) is 0 Å². The monoisotopic (exact) mass is 267 g/mol. The van der Waals surface area contributed by atoms with Gasteiger partial charge < -0.3 is 16.0 Å². The minimum absolute atomic E-state index is 0.0371. The summed E-state index contributed by atoms with van der Waals surface area (Å²) in [5.74, 6) is 1.36. The van der Waals surface area contributed by atoms with Crippen LogP contribution in [0.15, 0.2) is 0 Å². The maximum Gasteiger partial charge on any atom is 0.224 e. The standard InChI is InChI=1S/C15H29N3O/c1-11-4-3-5-13(14(11)16)15(19)17-10-12-6-8-18(2)9-7-12/h11-14H,3-10,16H2,1-2H3,(H,17,19). The lowest BCUT2D eigenvalue weighted by molar-refractivity contribution is -0.127. The second kappa shape index (κ2) is 6.71. The van der Waals surface area contributed by atoms with E-state index in [1.807, 2.05) is 0 Å². The second-order valence-corrected chi connectivity index (χ2v) is 6.58. The maximum absolute atomic E-state index is 12.3. The van der Waals surface area contributed by atoms with E-state index in [0.717, 1.165) is 32.5 Å². The van der Waals surface area contributed by atoms with Crippen LogP contribution in [0.2, 0.25) is 0 Å². The van der Waals surface area contributed by atoms with E-state index in [1.54, 1.807) is 0 Å². The number of nitrogens with two attached hydrogens (primary N) is 1. The van der Waals surface area contributed by atoms with Gasteiger partial charge in [-0.1, -0.05) is 13.3 Å². The topological polar surface area (TPSA) is 58.4 Å². The van der Waals surface area contributed by atoms with Crippen molar-refractivity contribution in [3.05, 3.63) is 0 Å². The van der Waals surface area contributed by atoms with E-state index in [9.17, 15) is 4.79 Å². The van der Waals surface area contributed by atoms with Gasteiger partial charge in [-0.15, -0.1) is 0 Å². The lowest BCUT2D eigenvalue weighted by Gasteiger charge is -2.34. The van der Waals surface area contributed by atoms with Gasteiger partial charge in [-0.05, 0) is 57.7 Å². The summed E-state index contributed by atoms with van der Waals surface area (Å²) in [5, 5.41) is 3.15. The number of nitrogens with one attached hydrogen (secondary N) is 1. The van der Waals surface area contributed by atoms with Crippen molar-refractivity contribution < 1.29 is 4.79 Å². The number of hydrogen-bond donors (Lipinski definition) is 2. The minimum Gasteiger partial charge on any atom is -0.356 e. The Morgan fingerprint density at radius 1 is 1.26 bits per heavy atom. The molecule has 2 aliphatic rings. The number of carbonyl (C=O) groups excluding carboxylic acids is 1. The average Bonchev–Trinajstić information content (AvgIpc) is 2.41. The third-order valence-electron chi connectivity index (χ3n) is 5.04. The van der Waals surface area contributed by atoms with Crippen molar-refractivity contribution in [3.8, 4) is 0 Å². The predicted octanol–water partition coefficient (Wildman–Crippen LogP) is 1.21. The lowest BCUT2D eigenvalue weighted by Crippen LogP contribution is -2.48. The molecule has 1 heterocycles. The van der Waals surface area contributed by atoms with Gasteiger partial charge in [0, 0.05) is 12.6 Å². The largest absolute Gasteiger partial charge is 0.356 e. The quantitative estimate of drug-likeness (QED) is 0.808. The molecule has 4 nitrogen and oxygen atoms in total. The Bertz CT molecular complexity index is 300. The van der Waals surface area contributed by atoms with E-state index >= 15 is 0 Å². The van der Waals surface area contributed by atoms with Crippen LogP contribution in [-0.4, -0.2) is 43.5 Å². The van der Waals surface area contributed by atoms with Gasteiger partial charge in [0.2, 0.25) is 5.91 Å². The van der Waals surface area contributed by atoms with Crippen LogP contribution in [0.25, 0.3) is 0 Å².